The molecule has 1 N–H and O–H groups in total. The van der Waals surface area contributed by atoms with Crippen molar-refractivity contribution in [1.29, 1.82) is 0 Å². The Morgan fingerprint density at radius 1 is 1.37 bits per heavy atom. The van der Waals surface area contributed by atoms with Gasteiger partial charge in [-0.2, -0.15) is 0 Å². The number of pyridine rings is 1. The number of hydrogen-bond acceptors (Lipinski definition) is 4. The van der Waals surface area contributed by atoms with Crippen LogP contribution in [0.15, 0.2) is 18.3 Å². The summed E-state index contributed by atoms with van der Waals surface area (Å²) < 4.78 is 5.58. The lowest BCUT2D eigenvalue weighted by Crippen LogP contribution is -2.46. The Hall–Kier alpha value is -1.91. The molecule has 2 rings (SSSR count). The van der Waals surface area contributed by atoms with Crippen LogP contribution in [-0.4, -0.2) is 22.9 Å². The van der Waals surface area contributed by atoms with Crippen molar-refractivity contribution < 1.29 is 14.3 Å². The molecule has 0 aromatic carbocycles. The minimum atomic E-state index is -0.639. The van der Waals surface area contributed by atoms with Gasteiger partial charge in [-0.15, -0.1) is 0 Å². The second-order valence-corrected chi connectivity index (χ2v) is 5.69. The molecule has 1 saturated heterocycles. The first-order valence-corrected chi connectivity index (χ1v) is 6.33. The molecular formula is C14H18N2O3. The summed E-state index contributed by atoms with van der Waals surface area (Å²) in [6.07, 6.45) is 1.73. The third-order valence-corrected chi connectivity index (χ3v) is 3.05. The van der Waals surface area contributed by atoms with Crippen molar-refractivity contribution in [2.24, 2.45) is 0 Å². The fourth-order valence-electron chi connectivity index (χ4n) is 1.87. The molecule has 0 aliphatic carbocycles. The summed E-state index contributed by atoms with van der Waals surface area (Å²) in [5.41, 5.74) is 1.08. The smallest absolute Gasteiger partial charge is 0.267 e. The number of rotatable bonds is 2. The van der Waals surface area contributed by atoms with Gasteiger partial charge in [0.2, 0.25) is 11.8 Å². The Kier molecular flexibility index (Phi) is 3.55. The van der Waals surface area contributed by atoms with Crippen LogP contribution in [0.2, 0.25) is 0 Å². The topological polar surface area (TPSA) is 68.3 Å². The van der Waals surface area contributed by atoms with Gasteiger partial charge in [-0.1, -0.05) is 20.8 Å². The van der Waals surface area contributed by atoms with Crippen LogP contribution in [0.5, 0.6) is 5.88 Å². The molecule has 102 valence electrons. The van der Waals surface area contributed by atoms with Crippen molar-refractivity contribution in [3.63, 3.8) is 0 Å². The summed E-state index contributed by atoms with van der Waals surface area (Å²) in [7, 11) is 0. The number of piperidine rings is 1. The molecule has 2 amide bonds. The van der Waals surface area contributed by atoms with E-state index < -0.39 is 6.10 Å². The number of nitrogens with one attached hydrogen (secondary N) is 1. The molecule has 1 aromatic heterocycles. The molecule has 1 fully saturated rings. The average Bonchev–Trinajstić information content (AvgIpc) is 2.32. The molecule has 1 aliphatic rings. The van der Waals surface area contributed by atoms with Gasteiger partial charge in [-0.25, -0.2) is 4.98 Å². The monoisotopic (exact) mass is 262 g/mol. The van der Waals surface area contributed by atoms with Crippen molar-refractivity contribution in [3.05, 3.63) is 23.9 Å². The standard InChI is InChI=1S/C14H18N2O3/c1-14(2,3)9-6-7-15-12(8-9)19-10-4-5-11(17)16-13(10)18/h6-8,10H,4-5H2,1-3H3,(H,16,17,18). The van der Waals surface area contributed by atoms with Gasteiger partial charge in [0.15, 0.2) is 6.10 Å². The predicted octanol–water partition coefficient (Wildman–Crippen LogP) is 1.56. The molecule has 1 unspecified atom stereocenters. The number of aromatic nitrogens is 1. The van der Waals surface area contributed by atoms with E-state index in [0.717, 1.165) is 5.56 Å². The highest BCUT2D eigenvalue weighted by molar-refractivity contribution is 5.99. The largest absolute Gasteiger partial charge is 0.464 e. The van der Waals surface area contributed by atoms with E-state index in [9.17, 15) is 9.59 Å². The van der Waals surface area contributed by atoms with Crippen LogP contribution in [0.3, 0.4) is 0 Å². The molecule has 5 heteroatoms. The van der Waals surface area contributed by atoms with Crippen molar-refractivity contribution in [2.75, 3.05) is 0 Å². The van der Waals surface area contributed by atoms with Gasteiger partial charge in [0.05, 0.1) is 0 Å². The maximum absolute atomic E-state index is 11.6. The number of carbonyl (C=O) groups is 2. The molecule has 0 radical (unpaired) electrons. The zero-order valence-electron chi connectivity index (χ0n) is 11.4. The van der Waals surface area contributed by atoms with Crippen LogP contribution in [-0.2, 0) is 15.0 Å². The molecule has 1 aliphatic heterocycles. The molecule has 0 bridgehead atoms. The maximum atomic E-state index is 11.6. The van der Waals surface area contributed by atoms with Crippen LogP contribution in [0.1, 0.15) is 39.2 Å². The van der Waals surface area contributed by atoms with Gasteiger partial charge < -0.3 is 4.74 Å². The molecular weight excluding hydrogens is 244 g/mol. The number of hydrogen-bond donors (Lipinski definition) is 1. The molecule has 0 saturated carbocycles. The number of ether oxygens (including phenoxy) is 1. The SMILES string of the molecule is CC(C)(C)c1ccnc(OC2CCC(=O)NC2=O)c1. The van der Waals surface area contributed by atoms with Crippen LogP contribution in [0.25, 0.3) is 0 Å². The second-order valence-electron chi connectivity index (χ2n) is 5.69. The zero-order valence-corrected chi connectivity index (χ0v) is 11.4. The lowest BCUT2D eigenvalue weighted by Gasteiger charge is -2.23. The quantitative estimate of drug-likeness (QED) is 0.821. The first-order valence-electron chi connectivity index (χ1n) is 6.33. The van der Waals surface area contributed by atoms with Crippen LogP contribution < -0.4 is 10.1 Å². The van der Waals surface area contributed by atoms with Gasteiger partial charge in [0.1, 0.15) is 0 Å². The Bertz CT molecular complexity index is 506. The van der Waals surface area contributed by atoms with Gasteiger partial charge in [0, 0.05) is 25.1 Å². The summed E-state index contributed by atoms with van der Waals surface area (Å²) in [5.74, 6) is -0.220. The lowest BCUT2D eigenvalue weighted by atomic mass is 9.88. The van der Waals surface area contributed by atoms with E-state index in [-0.39, 0.29) is 17.2 Å². The fraction of sp³-hybridized carbons (Fsp3) is 0.500. The van der Waals surface area contributed by atoms with Gasteiger partial charge >= 0.3 is 0 Å². The number of carbonyl (C=O) groups excluding carboxylic acids is 2. The molecule has 5 nitrogen and oxygen atoms in total. The fourth-order valence-corrected chi connectivity index (χ4v) is 1.87. The van der Waals surface area contributed by atoms with E-state index in [1.807, 2.05) is 12.1 Å². The van der Waals surface area contributed by atoms with E-state index in [1.54, 1.807) is 6.20 Å². The third kappa shape index (κ3) is 3.30. The molecule has 2 heterocycles. The van der Waals surface area contributed by atoms with Crippen molar-refractivity contribution in [2.45, 2.75) is 45.1 Å². The summed E-state index contributed by atoms with van der Waals surface area (Å²) in [5, 5.41) is 2.26. The minimum absolute atomic E-state index is 0.00810. The van der Waals surface area contributed by atoms with Crippen LogP contribution >= 0.6 is 0 Å². The van der Waals surface area contributed by atoms with Gasteiger partial charge in [-0.05, 0) is 17.0 Å². The Balaban J connectivity index is 2.11. The normalized spacial score (nSPS) is 20.1. The highest BCUT2D eigenvalue weighted by Crippen LogP contribution is 2.25. The van der Waals surface area contributed by atoms with E-state index in [0.29, 0.717) is 18.7 Å². The highest BCUT2D eigenvalue weighted by Gasteiger charge is 2.28. The van der Waals surface area contributed by atoms with E-state index in [2.05, 4.69) is 31.1 Å². The summed E-state index contributed by atoms with van der Waals surface area (Å²) in [4.78, 5) is 26.8. The first-order chi connectivity index (χ1) is 8.86. The zero-order chi connectivity index (χ0) is 14.0. The Labute approximate surface area is 112 Å². The van der Waals surface area contributed by atoms with Gasteiger partial charge in [-0.3, -0.25) is 14.9 Å². The van der Waals surface area contributed by atoms with Crippen LogP contribution in [0, 0.1) is 0 Å². The number of amides is 2. The Morgan fingerprint density at radius 3 is 2.74 bits per heavy atom. The lowest BCUT2D eigenvalue weighted by molar-refractivity contribution is -0.139. The Morgan fingerprint density at radius 2 is 2.11 bits per heavy atom. The molecule has 1 atom stereocenters. The van der Waals surface area contributed by atoms with Crippen molar-refractivity contribution in [3.8, 4) is 5.88 Å². The van der Waals surface area contributed by atoms with E-state index >= 15 is 0 Å². The first kappa shape index (κ1) is 13.5. The summed E-state index contributed by atoms with van der Waals surface area (Å²) in [6.45, 7) is 6.29. The highest BCUT2D eigenvalue weighted by atomic mass is 16.5. The maximum Gasteiger partial charge on any atom is 0.267 e. The van der Waals surface area contributed by atoms with Gasteiger partial charge in [0.25, 0.3) is 5.91 Å². The summed E-state index contributed by atoms with van der Waals surface area (Å²) in [6, 6.07) is 3.76. The summed E-state index contributed by atoms with van der Waals surface area (Å²) >= 11 is 0. The average molecular weight is 262 g/mol. The number of nitrogens with zero attached hydrogens (tertiary/aromatic N) is 1. The molecule has 0 spiro atoms. The van der Waals surface area contributed by atoms with E-state index in [1.165, 1.54) is 0 Å². The predicted molar refractivity (Wildman–Crippen MR) is 69.7 cm³/mol. The second kappa shape index (κ2) is 4.99. The molecule has 1 aromatic rings. The van der Waals surface area contributed by atoms with Crippen molar-refractivity contribution in [1.82, 2.24) is 10.3 Å². The number of imide groups is 1. The molecule has 19 heavy (non-hydrogen) atoms. The third-order valence-electron chi connectivity index (χ3n) is 3.05. The van der Waals surface area contributed by atoms with Crippen molar-refractivity contribution >= 4 is 11.8 Å². The van der Waals surface area contributed by atoms with E-state index in [4.69, 9.17) is 4.74 Å². The van der Waals surface area contributed by atoms with Crippen LogP contribution in [0.4, 0.5) is 0 Å². The minimum Gasteiger partial charge on any atom is -0.464 e.